The first-order chi connectivity index (χ1) is 9.63. The molecule has 0 aliphatic rings. The minimum atomic E-state index is 0.583. The van der Waals surface area contributed by atoms with Crippen LogP contribution in [0.5, 0.6) is 0 Å². The van der Waals surface area contributed by atoms with Crippen LogP contribution in [0.1, 0.15) is 11.5 Å². The van der Waals surface area contributed by atoms with Crippen LogP contribution in [-0.2, 0) is 0 Å². The van der Waals surface area contributed by atoms with E-state index in [1.54, 1.807) is 15.3 Å². The summed E-state index contributed by atoms with van der Waals surface area (Å²) in [5.74, 6) is 0.725. The van der Waals surface area contributed by atoms with Gasteiger partial charge in [-0.2, -0.15) is 0 Å². The standard InChI is InChI=1S/C14H11ClIN3S/c1-8-13(14-11(15)7-17-9(2)18-14)10-5-3-4-6-12(10)19(8)20-16/h3-7H,1-2H3. The van der Waals surface area contributed by atoms with Crippen molar-refractivity contribution in [3.8, 4) is 11.3 Å². The summed E-state index contributed by atoms with van der Waals surface area (Å²) >= 11 is 8.60. The maximum absolute atomic E-state index is 6.31. The molecule has 0 amide bonds. The maximum atomic E-state index is 6.31. The molecule has 0 saturated heterocycles. The van der Waals surface area contributed by atoms with E-state index in [1.807, 2.05) is 19.1 Å². The lowest BCUT2D eigenvalue weighted by Gasteiger charge is -2.05. The average molecular weight is 416 g/mol. The maximum Gasteiger partial charge on any atom is 0.125 e. The van der Waals surface area contributed by atoms with Crippen molar-refractivity contribution in [2.24, 2.45) is 0 Å². The van der Waals surface area contributed by atoms with E-state index < -0.39 is 0 Å². The Morgan fingerprint density at radius 1 is 1.25 bits per heavy atom. The van der Waals surface area contributed by atoms with Gasteiger partial charge >= 0.3 is 0 Å². The Kier molecular flexibility index (Phi) is 3.92. The minimum Gasteiger partial charge on any atom is -0.279 e. The number of hydrogen-bond acceptors (Lipinski definition) is 3. The molecule has 3 aromatic rings. The predicted molar refractivity (Wildman–Crippen MR) is 94.5 cm³/mol. The van der Waals surface area contributed by atoms with E-state index in [9.17, 15) is 0 Å². The number of halogens is 2. The largest absolute Gasteiger partial charge is 0.279 e. The quantitative estimate of drug-likeness (QED) is 0.538. The van der Waals surface area contributed by atoms with Gasteiger partial charge < -0.3 is 0 Å². The summed E-state index contributed by atoms with van der Waals surface area (Å²) < 4.78 is 2.19. The fraction of sp³-hybridized carbons (Fsp3) is 0.143. The Hall–Kier alpha value is -0.790. The summed E-state index contributed by atoms with van der Waals surface area (Å²) in [6, 6.07) is 8.30. The minimum absolute atomic E-state index is 0.583. The van der Waals surface area contributed by atoms with E-state index in [0.29, 0.717) is 5.02 Å². The third-order valence-electron chi connectivity index (χ3n) is 3.23. The zero-order valence-electron chi connectivity index (χ0n) is 10.9. The Bertz CT molecular complexity index is 800. The molecule has 102 valence electrons. The van der Waals surface area contributed by atoms with Crippen LogP contribution in [0.15, 0.2) is 30.5 Å². The van der Waals surface area contributed by atoms with Gasteiger partial charge in [0.15, 0.2) is 0 Å². The van der Waals surface area contributed by atoms with Crippen molar-refractivity contribution in [2.45, 2.75) is 13.8 Å². The van der Waals surface area contributed by atoms with Crippen LogP contribution in [0.4, 0.5) is 0 Å². The normalized spacial score (nSPS) is 11.2. The van der Waals surface area contributed by atoms with E-state index in [4.69, 9.17) is 11.6 Å². The second kappa shape index (κ2) is 5.54. The third kappa shape index (κ3) is 2.21. The van der Waals surface area contributed by atoms with E-state index in [1.165, 1.54) is 5.52 Å². The molecule has 0 radical (unpaired) electrons. The Balaban J connectivity index is 2.42. The lowest BCUT2D eigenvalue weighted by molar-refractivity contribution is 1.06. The van der Waals surface area contributed by atoms with Crippen LogP contribution in [0.2, 0.25) is 5.02 Å². The summed E-state index contributed by atoms with van der Waals surface area (Å²) in [6.45, 7) is 3.97. The highest BCUT2D eigenvalue weighted by molar-refractivity contribution is 14.2. The number of nitrogens with zero attached hydrogens (tertiary/aromatic N) is 3. The molecule has 0 fully saturated rings. The Morgan fingerprint density at radius 3 is 2.75 bits per heavy atom. The molecule has 0 aliphatic carbocycles. The number of benzene rings is 1. The molecule has 0 unspecified atom stereocenters. The molecule has 0 spiro atoms. The average Bonchev–Trinajstić information content (AvgIpc) is 2.73. The van der Waals surface area contributed by atoms with Crippen LogP contribution < -0.4 is 0 Å². The van der Waals surface area contributed by atoms with Crippen molar-refractivity contribution >= 4 is 52.8 Å². The Labute approximate surface area is 138 Å². The third-order valence-corrected chi connectivity index (χ3v) is 5.30. The number of hydrogen-bond donors (Lipinski definition) is 0. The van der Waals surface area contributed by atoms with Gasteiger partial charge in [-0.1, -0.05) is 29.8 Å². The molecule has 20 heavy (non-hydrogen) atoms. The molecule has 0 saturated carbocycles. The van der Waals surface area contributed by atoms with E-state index in [2.05, 4.69) is 54.2 Å². The molecule has 0 aliphatic heterocycles. The molecular weight excluding hydrogens is 405 g/mol. The molecule has 6 heteroatoms. The van der Waals surface area contributed by atoms with Crippen molar-refractivity contribution in [1.29, 1.82) is 0 Å². The molecule has 3 nitrogen and oxygen atoms in total. The van der Waals surface area contributed by atoms with Gasteiger partial charge in [-0.05, 0) is 19.9 Å². The summed E-state index contributed by atoms with van der Waals surface area (Å²) in [4.78, 5) is 8.68. The fourth-order valence-electron chi connectivity index (χ4n) is 2.36. The van der Waals surface area contributed by atoms with Crippen molar-refractivity contribution in [3.63, 3.8) is 0 Å². The van der Waals surface area contributed by atoms with Gasteiger partial charge in [0.2, 0.25) is 0 Å². The van der Waals surface area contributed by atoms with E-state index in [-0.39, 0.29) is 0 Å². The highest BCUT2D eigenvalue weighted by Gasteiger charge is 2.18. The number of para-hydroxylation sites is 1. The van der Waals surface area contributed by atoms with E-state index >= 15 is 0 Å². The number of rotatable bonds is 2. The summed E-state index contributed by atoms with van der Waals surface area (Å²) in [5.41, 5.74) is 4.20. The predicted octanol–water partition coefficient (Wildman–Crippen LogP) is 5.21. The lowest BCUT2D eigenvalue weighted by atomic mass is 10.1. The molecule has 3 rings (SSSR count). The van der Waals surface area contributed by atoms with Gasteiger partial charge in [0, 0.05) is 53.2 Å². The molecule has 1 aromatic carbocycles. The smallest absolute Gasteiger partial charge is 0.125 e. The van der Waals surface area contributed by atoms with E-state index in [0.717, 1.165) is 28.2 Å². The first kappa shape index (κ1) is 14.2. The van der Waals surface area contributed by atoms with Crippen LogP contribution in [0, 0.1) is 13.8 Å². The number of aromatic nitrogens is 3. The molecular formula is C14H11ClIN3S. The number of fused-ring (bicyclic) bond motifs is 1. The summed E-state index contributed by atoms with van der Waals surface area (Å²) in [7, 11) is 1.65. The lowest BCUT2D eigenvalue weighted by Crippen LogP contribution is -1.93. The first-order valence-electron chi connectivity index (χ1n) is 6.02. The highest BCUT2D eigenvalue weighted by Crippen LogP contribution is 2.39. The second-order valence-electron chi connectivity index (χ2n) is 4.45. The Morgan fingerprint density at radius 2 is 2.00 bits per heavy atom. The van der Waals surface area contributed by atoms with Crippen molar-refractivity contribution in [3.05, 3.63) is 47.0 Å². The van der Waals surface area contributed by atoms with Gasteiger partial charge in [-0.25, -0.2) is 9.97 Å². The second-order valence-corrected chi connectivity index (χ2v) is 6.55. The highest BCUT2D eigenvalue weighted by atomic mass is 127. The van der Waals surface area contributed by atoms with Crippen molar-refractivity contribution in [2.75, 3.05) is 0 Å². The SMILES string of the molecule is Cc1ncc(Cl)c(-c2c(C)n(SI)c3ccccc23)n1. The van der Waals surface area contributed by atoms with Gasteiger partial charge in [0.25, 0.3) is 0 Å². The van der Waals surface area contributed by atoms with Gasteiger partial charge in [0.1, 0.15) is 5.82 Å². The van der Waals surface area contributed by atoms with Crippen molar-refractivity contribution < 1.29 is 0 Å². The van der Waals surface area contributed by atoms with Crippen LogP contribution in [0.25, 0.3) is 22.2 Å². The zero-order chi connectivity index (χ0) is 14.3. The van der Waals surface area contributed by atoms with Crippen molar-refractivity contribution in [1.82, 2.24) is 13.9 Å². The summed E-state index contributed by atoms with van der Waals surface area (Å²) in [6.07, 6.45) is 1.67. The molecule has 2 heterocycles. The van der Waals surface area contributed by atoms with Crippen LogP contribution >= 0.6 is 41.9 Å². The van der Waals surface area contributed by atoms with Gasteiger partial charge in [-0.15, -0.1) is 0 Å². The zero-order valence-corrected chi connectivity index (χ0v) is 14.6. The first-order valence-corrected chi connectivity index (χ1v) is 9.71. The topological polar surface area (TPSA) is 30.7 Å². The monoisotopic (exact) mass is 415 g/mol. The van der Waals surface area contributed by atoms with Gasteiger partial charge in [0.05, 0.1) is 16.2 Å². The van der Waals surface area contributed by atoms with Crippen LogP contribution in [0.3, 0.4) is 0 Å². The fourth-order valence-corrected chi connectivity index (χ4v) is 4.49. The van der Waals surface area contributed by atoms with Gasteiger partial charge in [-0.3, -0.25) is 3.97 Å². The summed E-state index contributed by atoms with van der Waals surface area (Å²) in [5, 5.41) is 1.74. The molecule has 0 N–H and O–H groups in total. The molecule has 0 atom stereocenters. The van der Waals surface area contributed by atoms with Crippen LogP contribution in [-0.4, -0.2) is 13.9 Å². The molecule has 0 bridgehead atoms. The number of aryl methyl sites for hydroxylation is 1. The molecule has 2 aromatic heterocycles.